The summed E-state index contributed by atoms with van der Waals surface area (Å²) in [6.07, 6.45) is 4.85. The number of aromatic nitrogens is 1. The highest BCUT2D eigenvalue weighted by Crippen LogP contribution is 2.28. The van der Waals surface area contributed by atoms with Crippen molar-refractivity contribution in [2.75, 3.05) is 12.4 Å². The van der Waals surface area contributed by atoms with Crippen LogP contribution in [0.3, 0.4) is 0 Å². The lowest BCUT2D eigenvalue weighted by atomic mass is 9.91. The van der Waals surface area contributed by atoms with E-state index in [1.54, 1.807) is 0 Å². The zero-order valence-corrected chi connectivity index (χ0v) is 12.1. The normalized spacial score (nSPS) is 16.9. The molecule has 108 valence electrons. The fourth-order valence-corrected chi connectivity index (χ4v) is 2.81. The minimum Gasteiger partial charge on any atom is -0.388 e. The van der Waals surface area contributed by atoms with Crippen LogP contribution in [0.2, 0.25) is 0 Å². The van der Waals surface area contributed by atoms with Gasteiger partial charge in [0.2, 0.25) is 0 Å². The van der Waals surface area contributed by atoms with E-state index in [0.29, 0.717) is 5.56 Å². The van der Waals surface area contributed by atoms with Gasteiger partial charge in [0.1, 0.15) is 0 Å². The van der Waals surface area contributed by atoms with Gasteiger partial charge in [-0.15, -0.1) is 0 Å². The van der Waals surface area contributed by atoms with E-state index < -0.39 is 0 Å². The summed E-state index contributed by atoms with van der Waals surface area (Å²) in [7, 11) is 1.85. The Kier molecular flexibility index (Phi) is 3.86. The molecule has 0 saturated carbocycles. The van der Waals surface area contributed by atoms with Gasteiger partial charge in [-0.25, -0.2) is 0 Å². The number of benzene rings is 1. The van der Waals surface area contributed by atoms with Crippen LogP contribution in [0.4, 0.5) is 5.69 Å². The van der Waals surface area contributed by atoms with E-state index in [1.165, 1.54) is 0 Å². The molecular formula is C17H19N3O. The molecule has 1 aliphatic carbocycles. The summed E-state index contributed by atoms with van der Waals surface area (Å²) in [6, 6.07) is 11.6. The molecule has 2 aromatic rings. The number of rotatable bonds is 3. The predicted molar refractivity (Wildman–Crippen MR) is 83.4 cm³/mol. The zero-order valence-electron chi connectivity index (χ0n) is 12.1. The Morgan fingerprint density at radius 1 is 1.29 bits per heavy atom. The van der Waals surface area contributed by atoms with Gasteiger partial charge >= 0.3 is 0 Å². The van der Waals surface area contributed by atoms with E-state index in [1.807, 2.05) is 43.6 Å². The molecule has 0 aliphatic heterocycles. The van der Waals surface area contributed by atoms with Crippen molar-refractivity contribution in [3.05, 3.63) is 59.4 Å². The van der Waals surface area contributed by atoms with Crippen LogP contribution in [0, 0.1) is 0 Å². The van der Waals surface area contributed by atoms with E-state index in [4.69, 9.17) is 0 Å². The summed E-state index contributed by atoms with van der Waals surface area (Å²) >= 11 is 0. The summed E-state index contributed by atoms with van der Waals surface area (Å²) in [6.45, 7) is 0. The smallest absolute Gasteiger partial charge is 0.251 e. The Balaban J connectivity index is 1.79. The lowest BCUT2D eigenvalue weighted by molar-refractivity contribution is 0.0932. The maximum absolute atomic E-state index is 12.4. The molecule has 21 heavy (non-hydrogen) atoms. The van der Waals surface area contributed by atoms with Crippen LogP contribution in [-0.2, 0) is 6.42 Å². The Labute approximate surface area is 124 Å². The number of anilines is 1. The van der Waals surface area contributed by atoms with Crippen LogP contribution in [0.25, 0.3) is 0 Å². The third-order valence-electron chi connectivity index (χ3n) is 3.93. The summed E-state index contributed by atoms with van der Waals surface area (Å²) in [5, 5.41) is 6.19. The number of nitrogens with one attached hydrogen (secondary N) is 2. The average molecular weight is 281 g/mol. The molecular weight excluding hydrogens is 262 g/mol. The minimum atomic E-state index is -0.0335. The number of carbonyl (C=O) groups excluding carboxylic acids is 1. The van der Waals surface area contributed by atoms with Gasteiger partial charge in [-0.1, -0.05) is 12.1 Å². The first kappa shape index (κ1) is 13.6. The fraction of sp³-hybridized carbons (Fsp3) is 0.294. The number of hydrogen-bond acceptors (Lipinski definition) is 3. The summed E-state index contributed by atoms with van der Waals surface area (Å²) < 4.78 is 0. The van der Waals surface area contributed by atoms with Crippen LogP contribution in [0.5, 0.6) is 0 Å². The largest absolute Gasteiger partial charge is 0.388 e. The maximum Gasteiger partial charge on any atom is 0.251 e. The van der Waals surface area contributed by atoms with Gasteiger partial charge in [0.15, 0.2) is 0 Å². The number of fused-ring (bicyclic) bond motifs is 1. The number of amides is 1. The van der Waals surface area contributed by atoms with Crippen molar-refractivity contribution < 1.29 is 4.79 Å². The fourth-order valence-electron chi connectivity index (χ4n) is 2.81. The molecule has 1 heterocycles. The van der Waals surface area contributed by atoms with Crippen molar-refractivity contribution in [3.8, 4) is 0 Å². The van der Waals surface area contributed by atoms with Gasteiger partial charge in [0.05, 0.1) is 6.04 Å². The zero-order chi connectivity index (χ0) is 14.7. The highest BCUT2D eigenvalue weighted by atomic mass is 16.1. The molecule has 0 radical (unpaired) electrons. The second-order valence-electron chi connectivity index (χ2n) is 5.29. The Morgan fingerprint density at radius 2 is 2.19 bits per heavy atom. The number of hydrogen-bond donors (Lipinski definition) is 2. The summed E-state index contributed by atoms with van der Waals surface area (Å²) in [5.41, 5.74) is 3.88. The van der Waals surface area contributed by atoms with Crippen molar-refractivity contribution >= 4 is 11.6 Å². The van der Waals surface area contributed by atoms with Gasteiger partial charge in [-0.2, -0.15) is 0 Å². The minimum absolute atomic E-state index is 0.0335. The monoisotopic (exact) mass is 281 g/mol. The van der Waals surface area contributed by atoms with Crippen LogP contribution in [0.15, 0.2) is 42.6 Å². The molecule has 1 unspecified atom stereocenters. The van der Waals surface area contributed by atoms with Crippen molar-refractivity contribution in [1.82, 2.24) is 10.3 Å². The van der Waals surface area contributed by atoms with Crippen molar-refractivity contribution in [2.24, 2.45) is 0 Å². The summed E-state index contributed by atoms with van der Waals surface area (Å²) in [4.78, 5) is 16.8. The summed E-state index contributed by atoms with van der Waals surface area (Å²) in [5.74, 6) is -0.0335. The Hall–Kier alpha value is -2.36. The van der Waals surface area contributed by atoms with Gasteiger partial charge < -0.3 is 10.6 Å². The molecule has 1 aromatic heterocycles. The third kappa shape index (κ3) is 2.89. The number of carbonyl (C=O) groups is 1. The maximum atomic E-state index is 12.4. The SMILES string of the molecule is CNc1cccc(C(=O)NC2CCCc3ncccc32)c1. The van der Waals surface area contributed by atoms with Crippen molar-refractivity contribution in [1.29, 1.82) is 0 Å². The second-order valence-corrected chi connectivity index (χ2v) is 5.29. The molecule has 4 nitrogen and oxygen atoms in total. The lowest BCUT2D eigenvalue weighted by Gasteiger charge is -2.25. The van der Waals surface area contributed by atoms with E-state index >= 15 is 0 Å². The molecule has 0 spiro atoms. The molecule has 1 amide bonds. The standard InChI is InChI=1S/C17H19N3O/c1-18-13-6-2-5-12(11-13)17(21)20-16-9-3-8-15-14(16)7-4-10-19-15/h2,4-7,10-11,16,18H,3,8-9H2,1H3,(H,20,21). The van der Waals surface area contributed by atoms with Gasteiger partial charge in [0, 0.05) is 30.2 Å². The number of nitrogens with zero attached hydrogens (tertiary/aromatic N) is 1. The quantitative estimate of drug-likeness (QED) is 0.909. The van der Waals surface area contributed by atoms with E-state index in [-0.39, 0.29) is 11.9 Å². The molecule has 0 saturated heterocycles. The van der Waals surface area contributed by atoms with Crippen LogP contribution >= 0.6 is 0 Å². The molecule has 1 atom stereocenters. The molecule has 4 heteroatoms. The molecule has 0 fully saturated rings. The van der Waals surface area contributed by atoms with E-state index in [2.05, 4.69) is 21.7 Å². The molecule has 1 aliphatic rings. The Morgan fingerprint density at radius 3 is 3.05 bits per heavy atom. The topological polar surface area (TPSA) is 54.0 Å². The first-order chi connectivity index (χ1) is 10.3. The van der Waals surface area contributed by atoms with E-state index in [9.17, 15) is 4.79 Å². The molecule has 3 rings (SSSR count). The highest BCUT2D eigenvalue weighted by Gasteiger charge is 2.22. The van der Waals surface area contributed by atoms with Crippen LogP contribution in [-0.4, -0.2) is 17.9 Å². The molecule has 1 aromatic carbocycles. The lowest BCUT2D eigenvalue weighted by Crippen LogP contribution is -2.31. The first-order valence-electron chi connectivity index (χ1n) is 7.30. The predicted octanol–water partition coefficient (Wildman–Crippen LogP) is 2.93. The Bertz CT molecular complexity index is 654. The molecule has 0 bridgehead atoms. The second kappa shape index (κ2) is 5.95. The van der Waals surface area contributed by atoms with Gasteiger partial charge in [0.25, 0.3) is 5.91 Å². The van der Waals surface area contributed by atoms with Crippen molar-refractivity contribution in [2.45, 2.75) is 25.3 Å². The van der Waals surface area contributed by atoms with E-state index in [0.717, 1.165) is 36.2 Å². The molecule has 2 N–H and O–H groups in total. The van der Waals surface area contributed by atoms with Gasteiger partial charge in [-0.3, -0.25) is 9.78 Å². The van der Waals surface area contributed by atoms with Crippen LogP contribution in [0.1, 0.15) is 40.5 Å². The third-order valence-corrected chi connectivity index (χ3v) is 3.93. The number of aryl methyl sites for hydroxylation is 1. The first-order valence-corrected chi connectivity index (χ1v) is 7.30. The van der Waals surface area contributed by atoms with Crippen LogP contribution < -0.4 is 10.6 Å². The highest BCUT2D eigenvalue weighted by molar-refractivity contribution is 5.95. The average Bonchev–Trinajstić information content (AvgIpc) is 2.55. The van der Waals surface area contributed by atoms with Crippen molar-refractivity contribution in [3.63, 3.8) is 0 Å². The number of pyridine rings is 1. The van der Waals surface area contributed by atoms with Gasteiger partial charge in [-0.05, 0) is 49.1 Å².